The lowest BCUT2D eigenvalue weighted by atomic mass is 9.80. The fourth-order valence-corrected chi connectivity index (χ4v) is 3.32. The molecule has 0 spiro atoms. The molecule has 0 radical (unpaired) electrons. The highest BCUT2D eigenvalue weighted by atomic mass is 19.1. The van der Waals surface area contributed by atoms with Crippen LogP contribution in [0.15, 0.2) is 18.2 Å². The number of hydrogen-bond acceptors (Lipinski definition) is 3. The van der Waals surface area contributed by atoms with Crippen LogP contribution in [0.1, 0.15) is 50.6 Å². The van der Waals surface area contributed by atoms with Gasteiger partial charge in [0.05, 0.1) is 0 Å². The van der Waals surface area contributed by atoms with Gasteiger partial charge in [0, 0.05) is 23.7 Å². The van der Waals surface area contributed by atoms with E-state index in [1.807, 2.05) is 6.92 Å². The first kappa shape index (κ1) is 16.2. The zero-order valence-corrected chi connectivity index (χ0v) is 13.3. The number of aromatic hydroxyl groups is 1. The summed E-state index contributed by atoms with van der Waals surface area (Å²) >= 11 is 0. The van der Waals surface area contributed by atoms with Crippen molar-refractivity contribution in [1.29, 1.82) is 0 Å². The lowest BCUT2D eigenvalue weighted by Gasteiger charge is -2.44. The molecule has 0 aliphatic heterocycles. The van der Waals surface area contributed by atoms with Crippen molar-refractivity contribution in [1.82, 2.24) is 10.2 Å². The Hall–Kier alpha value is -1.13. The van der Waals surface area contributed by atoms with Crippen LogP contribution in [0.25, 0.3) is 0 Å². The molecule has 3 nitrogen and oxygen atoms in total. The molecule has 0 amide bonds. The number of benzene rings is 1. The van der Waals surface area contributed by atoms with Gasteiger partial charge in [-0.25, -0.2) is 4.39 Å². The summed E-state index contributed by atoms with van der Waals surface area (Å²) in [5, 5.41) is 13.4. The van der Waals surface area contributed by atoms with Crippen LogP contribution in [0.5, 0.6) is 5.75 Å². The van der Waals surface area contributed by atoms with Gasteiger partial charge < -0.3 is 15.3 Å². The minimum atomic E-state index is -0.309. The van der Waals surface area contributed by atoms with Crippen LogP contribution in [0.2, 0.25) is 0 Å². The molecule has 1 aliphatic carbocycles. The van der Waals surface area contributed by atoms with Crippen molar-refractivity contribution in [3.05, 3.63) is 29.6 Å². The van der Waals surface area contributed by atoms with E-state index >= 15 is 0 Å². The molecule has 4 heteroatoms. The lowest BCUT2D eigenvalue weighted by Crippen LogP contribution is -2.53. The Bertz CT molecular complexity index is 470. The Morgan fingerprint density at radius 1 is 1.29 bits per heavy atom. The fraction of sp³-hybridized carbons (Fsp3) is 0.647. The molecule has 1 aliphatic rings. The van der Waals surface area contributed by atoms with Gasteiger partial charge >= 0.3 is 0 Å². The Balaban J connectivity index is 2.05. The summed E-state index contributed by atoms with van der Waals surface area (Å²) < 4.78 is 13.4. The van der Waals surface area contributed by atoms with Gasteiger partial charge in [-0.15, -0.1) is 0 Å². The Morgan fingerprint density at radius 2 is 1.95 bits per heavy atom. The van der Waals surface area contributed by atoms with Crippen LogP contribution in [-0.2, 0) is 0 Å². The number of nitrogens with zero attached hydrogens (tertiary/aromatic N) is 1. The van der Waals surface area contributed by atoms with Gasteiger partial charge in [-0.2, -0.15) is 0 Å². The van der Waals surface area contributed by atoms with Gasteiger partial charge in [0.1, 0.15) is 11.6 Å². The van der Waals surface area contributed by atoms with Crippen molar-refractivity contribution >= 4 is 0 Å². The first-order valence-corrected chi connectivity index (χ1v) is 7.84. The number of nitrogens with one attached hydrogen (secondary N) is 1. The van der Waals surface area contributed by atoms with E-state index in [2.05, 4.69) is 24.3 Å². The van der Waals surface area contributed by atoms with Crippen LogP contribution < -0.4 is 5.32 Å². The first-order valence-electron chi connectivity index (χ1n) is 7.84. The zero-order valence-electron chi connectivity index (χ0n) is 13.3. The summed E-state index contributed by atoms with van der Waals surface area (Å²) in [6.45, 7) is 2.83. The second-order valence-electron chi connectivity index (χ2n) is 6.49. The molecule has 2 N–H and O–H groups in total. The lowest BCUT2D eigenvalue weighted by molar-refractivity contribution is 0.0957. The quantitative estimate of drug-likeness (QED) is 0.873. The van der Waals surface area contributed by atoms with Crippen LogP contribution in [0.3, 0.4) is 0 Å². The molecule has 1 fully saturated rings. The largest absolute Gasteiger partial charge is 0.508 e. The number of phenolic OH excluding ortho intramolecular Hbond substituents is 1. The fourth-order valence-electron chi connectivity index (χ4n) is 3.32. The molecule has 118 valence electrons. The molecule has 1 aromatic carbocycles. The second-order valence-corrected chi connectivity index (χ2v) is 6.49. The van der Waals surface area contributed by atoms with Crippen LogP contribution in [0, 0.1) is 5.82 Å². The third kappa shape index (κ3) is 3.74. The molecular weight excluding hydrogens is 267 g/mol. The summed E-state index contributed by atoms with van der Waals surface area (Å²) in [4.78, 5) is 2.32. The predicted molar refractivity (Wildman–Crippen MR) is 84.0 cm³/mol. The molecule has 0 bridgehead atoms. The molecule has 1 aromatic rings. The minimum absolute atomic E-state index is 0.0700. The molecule has 2 rings (SSSR count). The normalized spacial score (nSPS) is 19.7. The van der Waals surface area contributed by atoms with Crippen molar-refractivity contribution in [2.45, 2.75) is 50.6 Å². The molecule has 0 aromatic heterocycles. The molecule has 1 saturated carbocycles. The van der Waals surface area contributed by atoms with Gasteiger partial charge in [-0.3, -0.25) is 0 Å². The highest BCUT2D eigenvalue weighted by molar-refractivity contribution is 5.34. The van der Waals surface area contributed by atoms with Gasteiger partial charge in [0.25, 0.3) is 0 Å². The summed E-state index contributed by atoms with van der Waals surface area (Å²) in [6, 6.07) is 4.05. The smallest absolute Gasteiger partial charge is 0.123 e. The SMILES string of the molecule is CC(NCC1(N(C)C)CCCCC1)c1cc(F)ccc1O. The summed E-state index contributed by atoms with van der Waals surface area (Å²) in [5.41, 5.74) is 0.801. The monoisotopic (exact) mass is 294 g/mol. The van der Waals surface area contributed by atoms with E-state index in [9.17, 15) is 9.50 Å². The number of hydrogen-bond donors (Lipinski definition) is 2. The minimum Gasteiger partial charge on any atom is -0.508 e. The van der Waals surface area contributed by atoms with E-state index in [1.54, 1.807) is 0 Å². The second kappa shape index (κ2) is 6.75. The van der Waals surface area contributed by atoms with Crippen molar-refractivity contribution in [3.8, 4) is 5.75 Å². The number of halogens is 1. The zero-order chi connectivity index (χ0) is 15.5. The summed E-state index contributed by atoms with van der Waals surface area (Å²) in [7, 11) is 4.27. The maximum absolute atomic E-state index is 13.4. The highest BCUT2D eigenvalue weighted by Crippen LogP contribution is 2.33. The van der Waals surface area contributed by atoms with Gasteiger partial charge in [-0.05, 0) is 52.1 Å². The van der Waals surface area contributed by atoms with E-state index < -0.39 is 0 Å². The third-order valence-corrected chi connectivity index (χ3v) is 4.93. The molecule has 21 heavy (non-hydrogen) atoms. The number of phenols is 1. The highest BCUT2D eigenvalue weighted by Gasteiger charge is 2.34. The van der Waals surface area contributed by atoms with Gasteiger partial charge in [-0.1, -0.05) is 19.3 Å². The summed E-state index contributed by atoms with van der Waals surface area (Å²) in [5.74, 6) is -0.157. The van der Waals surface area contributed by atoms with E-state index in [-0.39, 0.29) is 23.1 Å². The van der Waals surface area contributed by atoms with E-state index in [4.69, 9.17) is 0 Å². The van der Waals surface area contributed by atoms with E-state index in [0.717, 1.165) is 6.54 Å². The Morgan fingerprint density at radius 3 is 2.57 bits per heavy atom. The predicted octanol–water partition coefficient (Wildman–Crippen LogP) is 3.45. The van der Waals surface area contributed by atoms with Crippen molar-refractivity contribution in [2.75, 3.05) is 20.6 Å². The van der Waals surface area contributed by atoms with Crippen LogP contribution in [-0.4, -0.2) is 36.2 Å². The van der Waals surface area contributed by atoms with E-state index in [0.29, 0.717) is 5.56 Å². The Labute approximate surface area is 127 Å². The molecule has 1 atom stereocenters. The summed E-state index contributed by atoms with van der Waals surface area (Å²) in [6.07, 6.45) is 6.22. The third-order valence-electron chi connectivity index (χ3n) is 4.93. The molecular formula is C17H27FN2O. The molecule has 0 saturated heterocycles. The average molecular weight is 294 g/mol. The maximum atomic E-state index is 13.4. The first-order chi connectivity index (χ1) is 9.94. The van der Waals surface area contributed by atoms with Crippen molar-refractivity contribution < 1.29 is 9.50 Å². The van der Waals surface area contributed by atoms with Crippen molar-refractivity contribution in [3.63, 3.8) is 0 Å². The molecule has 0 heterocycles. The molecule has 1 unspecified atom stereocenters. The van der Waals surface area contributed by atoms with Crippen LogP contribution in [0.4, 0.5) is 4.39 Å². The van der Waals surface area contributed by atoms with Gasteiger partial charge in [0.2, 0.25) is 0 Å². The number of likely N-dealkylation sites (N-methyl/N-ethyl adjacent to an activating group) is 1. The number of rotatable bonds is 5. The van der Waals surface area contributed by atoms with Gasteiger partial charge in [0.15, 0.2) is 0 Å². The van der Waals surface area contributed by atoms with Crippen molar-refractivity contribution in [2.24, 2.45) is 0 Å². The van der Waals surface area contributed by atoms with Crippen LogP contribution >= 0.6 is 0 Å². The topological polar surface area (TPSA) is 35.5 Å². The maximum Gasteiger partial charge on any atom is 0.123 e. The Kier molecular flexibility index (Phi) is 5.22. The van der Waals surface area contributed by atoms with E-state index in [1.165, 1.54) is 50.3 Å². The average Bonchev–Trinajstić information content (AvgIpc) is 2.48. The standard InChI is InChI=1S/C17H27FN2O/c1-13(15-11-14(18)7-8-16(15)21)19-12-17(20(2)3)9-5-4-6-10-17/h7-8,11,13,19,21H,4-6,9-10,12H2,1-3H3.